The molecular formula is C10H18BrN3O2Si. The molecule has 0 aliphatic rings. The van der Waals surface area contributed by atoms with Crippen molar-refractivity contribution in [1.82, 2.24) is 9.55 Å². The zero-order valence-corrected chi connectivity index (χ0v) is 12.9. The van der Waals surface area contributed by atoms with Gasteiger partial charge >= 0.3 is 0 Å². The monoisotopic (exact) mass is 319 g/mol. The molecule has 0 fully saturated rings. The highest BCUT2D eigenvalue weighted by molar-refractivity contribution is 9.10. The molecule has 17 heavy (non-hydrogen) atoms. The molecule has 0 saturated carbocycles. The lowest BCUT2D eigenvalue weighted by Gasteiger charge is -2.16. The van der Waals surface area contributed by atoms with E-state index in [1.165, 1.54) is 6.21 Å². The lowest BCUT2D eigenvalue weighted by atomic mass is 10.6. The maximum atomic E-state index is 8.50. The molecule has 0 saturated heterocycles. The molecule has 0 radical (unpaired) electrons. The highest BCUT2D eigenvalue weighted by Crippen LogP contribution is 2.13. The maximum Gasteiger partial charge on any atom is 0.157 e. The molecule has 7 heteroatoms. The van der Waals surface area contributed by atoms with Crippen molar-refractivity contribution in [1.29, 1.82) is 0 Å². The minimum atomic E-state index is -1.05. The number of hydrogen-bond acceptors (Lipinski definition) is 4. The van der Waals surface area contributed by atoms with Crippen LogP contribution in [0.3, 0.4) is 0 Å². The second-order valence-electron chi connectivity index (χ2n) is 4.96. The predicted molar refractivity (Wildman–Crippen MR) is 73.4 cm³/mol. The minimum Gasteiger partial charge on any atom is -0.411 e. The van der Waals surface area contributed by atoms with E-state index < -0.39 is 8.07 Å². The topological polar surface area (TPSA) is 59.6 Å². The number of nitrogens with zero attached hydrogens (tertiary/aromatic N) is 3. The summed E-state index contributed by atoms with van der Waals surface area (Å²) < 4.78 is 8.21. The third kappa shape index (κ3) is 5.01. The SMILES string of the molecule is C[Si](C)(C)CCOCn1c(Br)cnc1/C=N/O. The summed E-state index contributed by atoms with van der Waals surface area (Å²) in [6.07, 6.45) is 2.94. The van der Waals surface area contributed by atoms with Gasteiger partial charge in [0.25, 0.3) is 0 Å². The predicted octanol–water partition coefficient (Wildman–Crippen LogP) is 2.77. The van der Waals surface area contributed by atoms with Crippen molar-refractivity contribution in [2.24, 2.45) is 5.16 Å². The Hall–Kier alpha value is -0.663. The Kier molecular flexibility index (Phi) is 5.35. The lowest BCUT2D eigenvalue weighted by Crippen LogP contribution is -2.22. The van der Waals surface area contributed by atoms with Crippen LogP contribution in [0.1, 0.15) is 5.82 Å². The summed E-state index contributed by atoms with van der Waals surface area (Å²) in [4.78, 5) is 4.07. The fourth-order valence-electron chi connectivity index (χ4n) is 1.18. The van der Waals surface area contributed by atoms with Crippen LogP contribution in [-0.2, 0) is 11.5 Å². The third-order valence-electron chi connectivity index (χ3n) is 2.23. The van der Waals surface area contributed by atoms with Gasteiger partial charge in [0.2, 0.25) is 0 Å². The number of aromatic nitrogens is 2. The first-order chi connectivity index (χ1) is 7.94. The van der Waals surface area contributed by atoms with E-state index in [-0.39, 0.29) is 0 Å². The average Bonchev–Trinajstić information content (AvgIpc) is 2.55. The van der Waals surface area contributed by atoms with Gasteiger partial charge in [0.05, 0.1) is 6.20 Å². The van der Waals surface area contributed by atoms with E-state index in [9.17, 15) is 0 Å². The lowest BCUT2D eigenvalue weighted by molar-refractivity contribution is 0.0854. The van der Waals surface area contributed by atoms with Crippen molar-refractivity contribution in [2.45, 2.75) is 32.4 Å². The largest absolute Gasteiger partial charge is 0.411 e. The van der Waals surface area contributed by atoms with Gasteiger partial charge in [-0.15, -0.1) is 0 Å². The molecule has 0 amide bonds. The van der Waals surface area contributed by atoms with Crippen molar-refractivity contribution in [3.63, 3.8) is 0 Å². The smallest absolute Gasteiger partial charge is 0.157 e. The van der Waals surface area contributed by atoms with Crippen LogP contribution in [0.15, 0.2) is 16.0 Å². The van der Waals surface area contributed by atoms with Crippen molar-refractivity contribution < 1.29 is 9.94 Å². The van der Waals surface area contributed by atoms with Crippen molar-refractivity contribution >= 4 is 30.2 Å². The van der Waals surface area contributed by atoms with Crippen molar-refractivity contribution in [2.75, 3.05) is 6.61 Å². The second-order valence-corrected chi connectivity index (χ2v) is 11.4. The number of hydrogen-bond donors (Lipinski definition) is 1. The van der Waals surface area contributed by atoms with Crippen molar-refractivity contribution in [3.05, 3.63) is 16.6 Å². The zero-order valence-electron chi connectivity index (χ0n) is 10.4. The van der Waals surface area contributed by atoms with E-state index in [1.54, 1.807) is 10.8 Å². The van der Waals surface area contributed by atoms with E-state index in [0.717, 1.165) is 17.3 Å². The molecule has 0 unspecified atom stereocenters. The molecule has 5 nitrogen and oxygen atoms in total. The van der Waals surface area contributed by atoms with E-state index in [1.807, 2.05) is 0 Å². The Bertz CT molecular complexity index is 387. The molecule has 0 spiro atoms. The molecule has 0 bridgehead atoms. The maximum absolute atomic E-state index is 8.50. The highest BCUT2D eigenvalue weighted by atomic mass is 79.9. The number of imidazole rings is 1. The fraction of sp³-hybridized carbons (Fsp3) is 0.600. The van der Waals surface area contributed by atoms with Gasteiger partial charge in [0.15, 0.2) is 5.82 Å². The number of halogens is 1. The molecule has 96 valence electrons. The van der Waals surface area contributed by atoms with Crippen LogP contribution in [-0.4, -0.2) is 35.7 Å². The van der Waals surface area contributed by atoms with E-state index in [0.29, 0.717) is 12.6 Å². The number of oxime groups is 1. The van der Waals surface area contributed by atoms with E-state index in [4.69, 9.17) is 9.94 Å². The highest BCUT2D eigenvalue weighted by Gasteiger charge is 2.12. The van der Waals surface area contributed by atoms with E-state index >= 15 is 0 Å². The van der Waals surface area contributed by atoms with Gasteiger partial charge in [-0.05, 0) is 22.0 Å². The Labute approximate surface area is 111 Å². The number of ether oxygens (including phenoxy) is 1. The first-order valence-corrected chi connectivity index (χ1v) is 9.90. The fourth-order valence-corrected chi connectivity index (χ4v) is 2.33. The Morgan fingerprint density at radius 1 is 1.59 bits per heavy atom. The standard InChI is InChI=1S/C10H18BrN3O2Si/c1-17(2,3)5-4-16-8-14-9(11)6-12-10(14)7-13-15/h6-7,15H,4-5,8H2,1-3H3/b13-7+. The van der Waals surface area contributed by atoms with Crippen molar-refractivity contribution in [3.8, 4) is 0 Å². The molecule has 1 N–H and O–H groups in total. The zero-order chi connectivity index (χ0) is 12.9. The van der Waals surface area contributed by atoms with Gasteiger partial charge in [-0.1, -0.05) is 24.8 Å². The van der Waals surface area contributed by atoms with Gasteiger partial charge < -0.3 is 9.94 Å². The van der Waals surface area contributed by atoms with Crippen LogP contribution >= 0.6 is 15.9 Å². The summed E-state index contributed by atoms with van der Waals surface area (Å²) in [6.45, 7) is 8.09. The van der Waals surface area contributed by atoms with Crippen LogP contribution in [0.2, 0.25) is 25.7 Å². The molecule has 1 heterocycles. The molecule has 1 aromatic heterocycles. The summed E-state index contributed by atoms with van der Waals surface area (Å²) in [5, 5.41) is 11.5. The quantitative estimate of drug-likeness (QED) is 0.288. The molecule has 1 rings (SSSR count). The Morgan fingerprint density at radius 2 is 2.29 bits per heavy atom. The summed E-state index contributed by atoms with van der Waals surface area (Å²) >= 11 is 3.36. The van der Waals surface area contributed by atoms with Gasteiger partial charge in [-0.2, -0.15) is 0 Å². The minimum absolute atomic E-state index is 0.409. The van der Waals surface area contributed by atoms with Gasteiger partial charge in [-0.3, -0.25) is 4.57 Å². The number of rotatable bonds is 6. The first kappa shape index (κ1) is 14.4. The Morgan fingerprint density at radius 3 is 2.88 bits per heavy atom. The molecule has 0 aliphatic carbocycles. The molecule has 0 aliphatic heterocycles. The summed E-state index contributed by atoms with van der Waals surface area (Å²) in [5.74, 6) is 0.562. The van der Waals surface area contributed by atoms with Crippen LogP contribution in [0.4, 0.5) is 0 Å². The molecule has 1 aromatic rings. The normalized spacial score (nSPS) is 12.5. The van der Waals surface area contributed by atoms with Gasteiger partial charge in [-0.25, -0.2) is 4.98 Å². The molecule has 0 atom stereocenters. The third-order valence-corrected chi connectivity index (χ3v) is 4.56. The van der Waals surface area contributed by atoms with Gasteiger partial charge in [0, 0.05) is 14.7 Å². The van der Waals surface area contributed by atoms with Crippen LogP contribution in [0, 0.1) is 0 Å². The van der Waals surface area contributed by atoms with Crippen LogP contribution in [0.5, 0.6) is 0 Å². The first-order valence-electron chi connectivity index (χ1n) is 5.40. The average molecular weight is 320 g/mol. The molecular weight excluding hydrogens is 302 g/mol. The van der Waals surface area contributed by atoms with E-state index in [2.05, 4.69) is 45.7 Å². The summed E-state index contributed by atoms with van der Waals surface area (Å²) in [5.41, 5.74) is 0. The van der Waals surface area contributed by atoms with Crippen LogP contribution in [0.25, 0.3) is 0 Å². The van der Waals surface area contributed by atoms with Gasteiger partial charge in [0.1, 0.15) is 17.5 Å². The summed E-state index contributed by atoms with van der Waals surface area (Å²) in [7, 11) is -1.05. The second kappa shape index (κ2) is 6.32. The summed E-state index contributed by atoms with van der Waals surface area (Å²) in [6, 6.07) is 1.13. The Balaban J connectivity index is 2.49. The van der Waals surface area contributed by atoms with Crippen LogP contribution < -0.4 is 0 Å². The molecule has 0 aromatic carbocycles.